The molecule has 2 aromatic rings. The van der Waals surface area contributed by atoms with E-state index in [1.165, 1.54) is 31.2 Å². The second-order valence-corrected chi connectivity index (χ2v) is 5.70. The van der Waals surface area contributed by atoms with Gasteiger partial charge in [-0.2, -0.15) is 0 Å². The molecular weight excluding hydrogens is 334 g/mol. The fraction of sp³-hybridized carbons (Fsp3) is 0.125. The number of nitro groups is 1. The lowest BCUT2D eigenvalue weighted by molar-refractivity contribution is -0.384. The monoisotopic (exact) mass is 347 g/mol. The van der Waals surface area contributed by atoms with E-state index in [2.05, 4.69) is 5.32 Å². The van der Waals surface area contributed by atoms with Crippen LogP contribution in [0.1, 0.15) is 22.8 Å². The number of hydrogen-bond acceptors (Lipinski definition) is 4. The van der Waals surface area contributed by atoms with Crippen LogP contribution in [-0.4, -0.2) is 16.7 Å². The molecule has 2 amide bonds. The highest BCUT2D eigenvalue weighted by Gasteiger charge is 2.35. The van der Waals surface area contributed by atoms with E-state index in [4.69, 9.17) is 17.3 Å². The van der Waals surface area contributed by atoms with Crippen molar-refractivity contribution in [2.75, 3.05) is 0 Å². The van der Waals surface area contributed by atoms with Gasteiger partial charge in [0.25, 0.3) is 11.6 Å². The molecule has 1 atom stereocenters. The molecule has 0 aliphatic carbocycles. The largest absolute Gasteiger partial charge is 0.367 e. The van der Waals surface area contributed by atoms with Gasteiger partial charge in [0.1, 0.15) is 5.54 Å². The summed E-state index contributed by atoms with van der Waals surface area (Å²) < 4.78 is 0. The van der Waals surface area contributed by atoms with Crippen molar-refractivity contribution >= 4 is 29.1 Å². The van der Waals surface area contributed by atoms with E-state index in [9.17, 15) is 19.7 Å². The number of carbonyl (C=O) groups excluding carboxylic acids is 2. The Kier molecular flexibility index (Phi) is 4.85. The van der Waals surface area contributed by atoms with E-state index in [1.54, 1.807) is 18.2 Å². The van der Waals surface area contributed by atoms with Gasteiger partial charge in [-0.1, -0.05) is 29.8 Å². The second-order valence-electron chi connectivity index (χ2n) is 5.26. The maximum atomic E-state index is 12.4. The van der Waals surface area contributed by atoms with Gasteiger partial charge in [0.05, 0.1) is 4.92 Å². The average Bonchev–Trinajstić information content (AvgIpc) is 2.54. The predicted molar refractivity (Wildman–Crippen MR) is 88.6 cm³/mol. The maximum absolute atomic E-state index is 12.4. The summed E-state index contributed by atoms with van der Waals surface area (Å²) in [7, 11) is 0. The van der Waals surface area contributed by atoms with Gasteiger partial charge in [-0.15, -0.1) is 0 Å². The van der Waals surface area contributed by atoms with Gasteiger partial charge in [0.2, 0.25) is 5.91 Å². The number of hydrogen-bond donors (Lipinski definition) is 2. The number of halogens is 1. The normalized spacial score (nSPS) is 12.9. The Morgan fingerprint density at radius 1 is 1.21 bits per heavy atom. The smallest absolute Gasteiger partial charge is 0.270 e. The predicted octanol–water partition coefficient (Wildman–Crippen LogP) is 2.38. The SMILES string of the molecule is C[C@](NC(=O)c1cccc([N+](=O)[O-])c1)(C(N)=O)c1cccc(Cl)c1. The van der Waals surface area contributed by atoms with Crippen LogP contribution in [0, 0.1) is 10.1 Å². The number of non-ortho nitro benzene ring substituents is 1. The van der Waals surface area contributed by atoms with Crippen molar-refractivity contribution in [3.63, 3.8) is 0 Å². The number of primary amides is 1. The molecule has 8 heteroatoms. The van der Waals surface area contributed by atoms with Crippen LogP contribution in [-0.2, 0) is 10.3 Å². The molecule has 0 aliphatic heterocycles. The zero-order valence-electron chi connectivity index (χ0n) is 12.7. The van der Waals surface area contributed by atoms with Crippen molar-refractivity contribution in [2.24, 2.45) is 5.73 Å². The topological polar surface area (TPSA) is 115 Å². The van der Waals surface area contributed by atoms with Crippen LogP contribution in [0.4, 0.5) is 5.69 Å². The molecule has 0 unspecified atom stereocenters. The van der Waals surface area contributed by atoms with Crippen LogP contribution in [0.2, 0.25) is 5.02 Å². The third-order valence-corrected chi connectivity index (χ3v) is 3.81. The van der Waals surface area contributed by atoms with Gasteiger partial charge >= 0.3 is 0 Å². The standard InChI is InChI=1S/C16H14ClN3O4/c1-16(15(18)22,11-5-3-6-12(17)9-11)19-14(21)10-4-2-7-13(8-10)20(23)24/h2-9H,1H3,(H2,18,22)(H,19,21)/t16-/m1/s1. The van der Waals surface area contributed by atoms with Crippen LogP contribution >= 0.6 is 11.6 Å². The molecule has 2 aromatic carbocycles. The zero-order valence-corrected chi connectivity index (χ0v) is 13.4. The highest BCUT2D eigenvalue weighted by molar-refractivity contribution is 6.30. The molecule has 0 heterocycles. The number of nitrogens with zero attached hydrogens (tertiary/aromatic N) is 1. The van der Waals surface area contributed by atoms with Crippen LogP contribution < -0.4 is 11.1 Å². The number of nitro benzene ring substituents is 1. The first-order valence-electron chi connectivity index (χ1n) is 6.87. The Hall–Kier alpha value is -2.93. The van der Waals surface area contributed by atoms with Gasteiger partial charge in [-0.25, -0.2) is 0 Å². The molecule has 0 bridgehead atoms. The summed E-state index contributed by atoms with van der Waals surface area (Å²) in [5, 5.41) is 13.7. The molecule has 24 heavy (non-hydrogen) atoms. The first-order chi connectivity index (χ1) is 11.2. The number of rotatable bonds is 5. The molecule has 2 rings (SSSR count). The Balaban J connectivity index is 2.37. The molecule has 124 valence electrons. The average molecular weight is 348 g/mol. The zero-order chi connectivity index (χ0) is 17.9. The summed E-state index contributed by atoms with van der Waals surface area (Å²) in [6.45, 7) is 1.44. The highest BCUT2D eigenvalue weighted by Crippen LogP contribution is 2.24. The van der Waals surface area contributed by atoms with E-state index in [1.807, 2.05) is 0 Å². The lowest BCUT2D eigenvalue weighted by Gasteiger charge is -2.28. The number of nitrogens with two attached hydrogens (primary N) is 1. The summed E-state index contributed by atoms with van der Waals surface area (Å²) in [6.07, 6.45) is 0. The van der Waals surface area contributed by atoms with Gasteiger partial charge in [-0.05, 0) is 30.7 Å². The minimum Gasteiger partial charge on any atom is -0.367 e. The third-order valence-electron chi connectivity index (χ3n) is 3.58. The molecule has 0 fully saturated rings. The number of nitrogens with one attached hydrogen (secondary N) is 1. The Bertz CT molecular complexity index is 824. The van der Waals surface area contributed by atoms with Gasteiger partial charge in [0, 0.05) is 22.7 Å². The molecular formula is C16H14ClN3O4. The Labute approximate surface area is 142 Å². The minimum atomic E-state index is -1.52. The van der Waals surface area contributed by atoms with Crippen molar-refractivity contribution in [3.8, 4) is 0 Å². The molecule has 0 saturated heterocycles. The fourth-order valence-electron chi connectivity index (χ4n) is 2.14. The van der Waals surface area contributed by atoms with Crippen LogP contribution in [0.5, 0.6) is 0 Å². The van der Waals surface area contributed by atoms with Crippen molar-refractivity contribution in [3.05, 3.63) is 74.8 Å². The first-order valence-corrected chi connectivity index (χ1v) is 7.25. The quantitative estimate of drug-likeness (QED) is 0.638. The van der Waals surface area contributed by atoms with E-state index in [-0.39, 0.29) is 11.3 Å². The van der Waals surface area contributed by atoms with E-state index in [0.29, 0.717) is 10.6 Å². The van der Waals surface area contributed by atoms with Crippen molar-refractivity contribution in [1.82, 2.24) is 5.32 Å². The summed E-state index contributed by atoms with van der Waals surface area (Å²) in [5.41, 5.74) is 4.15. The Morgan fingerprint density at radius 3 is 2.46 bits per heavy atom. The van der Waals surface area contributed by atoms with E-state index in [0.717, 1.165) is 6.07 Å². The van der Waals surface area contributed by atoms with Crippen molar-refractivity contribution < 1.29 is 14.5 Å². The highest BCUT2D eigenvalue weighted by atomic mass is 35.5. The number of benzene rings is 2. The molecule has 0 spiro atoms. The molecule has 3 N–H and O–H groups in total. The number of carbonyl (C=O) groups is 2. The molecule has 0 radical (unpaired) electrons. The third kappa shape index (κ3) is 3.52. The maximum Gasteiger partial charge on any atom is 0.270 e. The first kappa shape index (κ1) is 17.4. The Morgan fingerprint density at radius 2 is 1.88 bits per heavy atom. The lowest BCUT2D eigenvalue weighted by Crippen LogP contribution is -2.52. The van der Waals surface area contributed by atoms with Crippen LogP contribution in [0.25, 0.3) is 0 Å². The summed E-state index contributed by atoms with van der Waals surface area (Å²) >= 11 is 5.92. The molecule has 0 saturated carbocycles. The van der Waals surface area contributed by atoms with Crippen molar-refractivity contribution in [1.29, 1.82) is 0 Å². The second kappa shape index (κ2) is 6.67. The minimum absolute atomic E-state index is 0.0405. The van der Waals surface area contributed by atoms with Crippen LogP contribution in [0.3, 0.4) is 0 Å². The molecule has 0 aromatic heterocycles. The van der Waals surface area contributed by atoms with Gasteiger partial charge < -0.3 is 11.1 Å². The lowest BCUT2D eigenvalue weighted by atomic mass is 9.90. The fourth-order valence-corrected chi connectivity index (χ4v) is 2.33. The number of amides is 2. The molecule has 7 nitrogen and oxygen atoms in total. The summed E-state index contributed by atoms with van der Waals surface area (Å²) in [6, 6.07) is 11.5. The van der Waals surface area contributed by atoms with E-state index < -0.39 is 22.3 Å². The molecule has 0 aliphatic rings. The summed E-state index contributed by atoms with van der Waals surface area (Å²) in [5.74, 6) is -1.46. The van der Waals surface area contributed by atoms with Gasteiger partial charge in [-0.3, -0.25) is 19.7 Å². The van der Waals surface area contributed by atoms with Crippen LogP contribution in [0.15, 0.2) is 48.5 Å². The van der Waals surface area contributed by atoms with Crippen molar-refractivity contribution in [2.45, 2.75) is 12.5 Å². The summed E-state index contributed by atoms with van der Waals surface area (Å²) in [4.78, 5) is 34.6. The van der Waals surface area contributed by atoms with Gasteiger partial charge in [0.15, 0.2) is 0 Å². The van der Waals surface area contributed by atoms with E-state index >= 15 is 0 Å².